The Morgan fingerprint density at radius 2 is 1.94 bits per heavy atom. The van der Waals surface area contributed by atoms with Gasteiger partial charge in [0.15, 0.2) is 27.9 Å². The topological polar surface area (TPSA) is 90.5 Å². The van der Waals surface area contributed by atoms with Gasteiger partial charge in [-0.05, 0) is 56.1 Å². The van der Waals surface area contributed by atoms with Crippen molar-refractivity contribution in [2.75, 3.05) is 24.9 Å². The Labute approximate surface area is 202 Å². The summed E-state index contributed by atoms with van der Waals surface area (Å²) in [6.07, 6.45) is -4.96. The molecule has 0 spiro atoms. The molecule has 1 amide bonds. The van der Waals surface area contributed by atoms with Crippen LogP contribution in [0.1, 0.15) is 34.8 Å². The number of furan rings is 1. The molecule has 2 atom stereocenters. The van der Waals surface area contributed by atoms with Gasteiger partial charge in [0.1, 0.15) is 11.6 Å². The summed E-state index contributed by atoms with van der Waals surface area (Å²) < 4.78 is 58.8. The molecule has 2 N–H and O–H groups in total. The fraction of sp³-hybridized carbons (Fsp3) is 0.300. The number of anilines is 2. The zero-order chi connectivity index (χ0) is 23.9. The first kappa shape index (κ1) is 23.5. The minimum atomic E-state index is -4.60. The third-order valence-electron chi connectivity index (χ3n) is 5.09. The van der Waals surface area contributed by atoms with Crippen molar-refractivity contribution in [1.29, 1.82) is 0 Å². The molecule has 1 aliphatic rings. The first-order valence-electron chi connectivity index (χ1n) is 9.52. The fourth-order valence-corrected chi connectivity index (χ4v) is 4.42. The summed E-state index contributed by atoms with van der Waals surface area (Å²) in [7, 11) is 2.92. The van der Waals surface area contributed by atoms with Gasteiger partial charge in [-0.2, -0.15) is 18.3 Å². The Bertz CT molecular complexity index is 1190. The summed E-state index contributed by atoms with van der Waals surface area (Å²) in [5.74, 6) is 0.494. The SMILES string of the molecule is COc1ccc(NC(=O)c2nn3c(c2Br)NC(c2ccc(Br)o2)CC3C(F)(F)F)cc1OC. The Morgan fingerprint density at radius 1 is 1.21 bits per heavy atom. The second-order valence-electron chi connectivity index (χ2n) is 7.11. The monoisotopic (exact) mass is 592 g/mol. The Morgan fingerprint density at radius 3 is 2.55 bits per heavy atom. The molecule has 1 aliphatic heterocycles. The van der Waals surface area contributed by atoms with E-state index in [0.29, 0.717) is 27.6 Å². The number of fused-ring (bicyclic) bond motifs is 1. The molecule has 176 valence electrons. The fourth-order valence-electron chi connectivity index (χ4n) is 3.54. The molecular weight excluding hydrogens is 577 g/mol. The van der Waals surface area contributed by atoms with Gasteiger partial charge in [-0.1, -0.05) is 0 Å². The van der Waals surface area contributed by atoms with Gasteiger partial charge in [0, 0.05) is 18.2 Å². The highest BCUT2D eigenvalue weighted by molar-refractivity contribution is 9.10. The van der Waals surface area contributed by atoms with E-state index in [-0.39, 0.29) is 22.4 Å². The summed E-state index contributed by atoms with van der Waals surface area (Å²) in [5.41, 5.74) is 0.150. The van der Waals surface area contributed by atoms with E-state index in [2.05, 4.69) is 47.6 Å². The van der Waals surface area contributed by atoms with E-state index in [1.165, 1.54) is 20.3 Å². The van der Waals surface area contributed by atoms with Crippen LogP contribution in [0.5, 0.6) is 11.5 Å². The average molecular weight is 594 g/mol. The maximum atomic E-state index is 13.9. The highest BCUT2D eigenvalue weighted by Gasteiger charge is 2.48. The van der Waals surface area contributed by atoms with Crippen molar-refractivity contribution in [3.63, 3.8) is 0 Å². The van der Waals surface area contributed by atoms with Crippen LogP contribution in [0.25, 0.3) is 0 Å². The quantitative estimate of drug-likeness (QED) is 0.381. The number of alkyl halides is 3. The summed E-state index contributed by atoms with van der Waals surface area (Å²) in [6.45, 7) is 0. The number of nitrogens with one attached hydrogen (secondary N) is 2. The lowest BCUT2D eigenvalue weighted by Gasteiger charge is -2.32. The van der Waals surface area contributed by atoms with Crippen LogP contribution in [-0.4, -0.2) is 36.1 Å². The van der Waals surface area contributed by atoms with Crippen molar-refractivity contribution < 1.29 is 31.9 Å². The third-order valence-corrected chi connectivity index (χ3v) is 6.27. The lowest BCUT2D eigenvalue weighted by atomic mass is 10.0. The molecule has 13 heteroatoms. The van der Waals surface area contributed by atoms with E-state index in [0.717, 1.165) is 4.68 Å². The van der Waals surface area contributed by atoms with E-state index in [1.54, 1.807) is 24.3 Å². The molecule has 3 aromatic rings. The van der Waals surface area contributed by atoms with Crippen LogP contribution in [0.15, 0.2) is 43.9 Å². The molecule has 0 fully saturated rings. The summed E-state index contributed by atoms with van der Waals surface area (Å²) in [5, 5.41) is 9.60. The molecule has 8 nitrogen and oxygen atoms in total. The average Bonchev–Trinajstić information content (AvgIpc) is 3.35. The molecule has 0 saturated heterocycles. The van der Waals surface area contributed by atoms with Crippen molar-refractivity contribution >= 4 is 49.3 Å². The normalized spacial score (nSPS) is 17.8. The predicted octanol–water partition coefficient (Wildman–Crippen LogP) is 5.93. The number of carbonyl (C=O) groups excluding carboxylic acids is 1. The lowest BCUT2D eigenvalue weighted by Crippen LogP contribution is -2.35. The number of amides is 1. The third kappa shape index (κ3) is 4.56. The molecule has 0 radical (unpaired) electrons. The van der Waals surface area contributed by atoms with Crippen molar-refractivity contribution in [2.24, 2.45) is 0 Å². The molecule has 4 rings (SSSR count). The van der Waals surface area contributed by atoms with E-state index in [9.17, 15) is 18.0 Å². The number of nitrogens with zero attached hydrogens (tertiary/aromatic N) is 2. The molecule has 33 heavy (non-hydrogen) atoms. The van der Waals surface area contributed by atoms with Gasteiger partial charge in [0.25, 0.3) is 5.91 Å². The van der Waals surface area contributed by atoms with Crippen molar-refractivity contribution in [3.05, 3.63) is 50.9 Å². The first-order chi connectivity index (χ1) is 15.6. The van der Waals surface area contributed by atoms with E-state index >= 15 is 0 Å². The van der Waals surface area contributed by atoms with Gasteiger partial charge in [-0.3, -0.25) is 4.79 Å². The van der Waals surface area contributed by atoms with Crippen LogP contribution in [0.4, 0.5) is 24.7 Å². The Kier molecular flexibility index (Phi) is 6.36. The minimum absolute atomic E-state index is 0.0264. The van der Waals surface area contributed by atoms with Crippen LogP contribution < -0.4 is 20.1 Å². The van der Waals surface area contributed by atoms with E-state index < -0.39 is 24.2 Å². The minimum Gasteiger partial charge on any atom is -0.493 e. The van der Waals surface area contributed by atoms with Gasteiger partial charge < -0.3 is 24.5 Å². The maximum Gasteiger partial charge on any atom is 0.410 e. The molecule has 2 unspecified atom stereocenters. The number of methoxy groups -OCH3 is 2. The summed E-state index contributed by atoms with van der Waals surface area (Å²) in [6, 6.07) is 5.15. The molecule has 0 saturated carbocycles. The largest absolute Gasteiger partial charge is 0.493 e. The molecular formula is C20H17Br2F3N4O4. The molecule has 1 aromatic carbocycles. The second kappa shape index (κ2) is 8.93. The smallest absolute Gasteiger partial charge is 0.410 e. The van der Waals surface area contributed by atoms with Gasteiger partial charge in [-0.25, -0.2) is 4.68 Å². The highest BCUT2D eigenvalue weighted by Crippen LogP contribution is 2.46. The summed E-state index contributed by atoms with van der Waals surface area (Å²) in [4.78, 5) is 12.9. The molecule has 3 heterocycles. The van der Waals surface area contributed by atoms with Crippen molar-refractivity contribution in [2.45, 2.75) is 24.7 Å². The Balaban J connectivity index is 1.67. The number of halogens is 5. The summed E-state index contributed by atoms with van der Waals surface area (Å²) >= 11 is 6.40. The lowest BCUT2D eigenvalue weighted by molar-refractivity contribution is -0.174. The first-order valence-corrected chi connectivity index (χ1v) is 11.1. The zero-order valence-corrected chi connectivity index (χ0v) is 20.3. The number of carbonyl (C=O) groups is 1. The standard InChI is InChI=1S/C20H17Br2F3N4O4/c1-31-12-4-3-9(7-13(12)32-2)26-19(30)17-16(22)18-27-10(11-5-6-15(21)33-11)8-14(20(23,24)25)29(18)28-17/h3-7,10,14,27H,8H2,1-2H3,(H,26,30). The highest BCUT2D eigenvalue weighted by atomic mass is 79.9. The van der Waals surface area contributed by atoms with Crippen LogP contribution in [0.3, 0.4) is 0 Å². The van der Waals surface area contributed by atoms with Crippen LogP contribution >= 0.6 is 31.9 Å². The van der Waals surface area contributed by atoms with Gasteiger partial charge >= 0.3 is 6.18 Å². The van der Waals surface area contributed by atoms with Crippen LogP contribution in [0.2, 0.25) is 0 Å². The number of benzene rings is 1. The molecule has 2 aromatic heterocycles. The second-order valence-corrected chi connectivity index (χ2v) is 8.69. The maximum absolute atomic E-state index is 13.9. The van der Waals surface area contributed by atoms with E-state index in [4.69, 9.17) is 13.9 Å². The van der Waals surface area contributed by atoms with Crippen molar-refractivity contribution in [1.82, 2.24) is 9.78 Å². The zero-order valence-electron chi connectivity index (χ0n) is 17.2. The van der Waals surface area contributed by atoms with E-state index in [1.807, 2.05) is 0 Å². The number of hydrogen-bond acceptors (Lipinski definition) is 6. The molecule has 0 bridgehead atoms. The van der Waals surface area contributed by atoms with Crippen molar-refractivity contribution in [3.8, 4) is 11.5 Å². The molecule has 0 aliphatic carbocycles. The van der Waals surface area contributed by atoms with Gasteiger partial charge in [0.05, 0.1) is 24.7 Å². The number of rotatable bonds is 5. The number of ether oxygens (including phenoxy) is 2. The van der Waals surface area contributed by atoms with Crippen LogP contribution in [0, 0.1) is 0 Å². The van der Waals surface area contributed by atoms with Gasteiger partial charge in [0.2, 0.25) is 0 Å². The van der Waals surface area contributed by atoms with Gasteiger partial charge in [-0.15, -0.1) is 0 Å². The number of aromatic nitrogens is 2. The predicted molar refractivity (Wildman–Crippen MR) is 120 cm³/mol. The van der Waals surface area contributed by atoms with Crippen LogP contribution in [-0.2, 0) is 0 Å². The Hall–Kier alpha value is -2.67. The number of hydrogen-bond donors (Lipinski definition) is 2.